The normalized spacial score (nSPS) is 13.2. The number of carbonyl (C=O) groups is 1. The van der Waals surface area contributed by atoms with E-state index in [0.29, 0.717) is 6.42 Å². The molecule has 0 spiro atoms. The molecule has 0 unspecified atom stereocenters. The summed E-state index contributed by atoms with van der Waals surface area (Å²) in [6.45, 7) is 3.09. The van der Waals surface area contributed by atoms with Gasteiger partial charge < -0.3 is 10.1 Å². The average Bonchev–Trinajstić information content (AvgIpc) is 2.37. The Hall–Kier alpha value is -2.09. The van der Waals surface area contributed by atoms with Gasteiger partial charge in [0.2, 0.25) is 0 Å². The van der Waals surface area contributed by atoms with Gasteiger partial charge in [0, 0.05) is 0 Å². The van der Waals surface area contributed by atoms with Crippen LogP contribution in [0.4, 0.5) is 4.39 Å². The van der Waals surface area contributed by atoms with Gasteiger partial charge in [0.25, 0.3) is 5.91 Å². The maximum atomic E-state index is 13.2. The molecule has 96 valence electrons. The Morgan fingerprint density at radius 2 is 2.22 bits per heavy atom. The number of hydrogen-bond acceptors (Lipinski definition) is 3. The lowest BCUT2D eigenvalue weighted by Crippen LogP contribution is -2.46. The van der Waals surface area contributed by atoms with Crippen LogP contribution >= 0.6 is 0 Å². The molecule has 0 aliphatic rings. The maximum Gasteiger partial charge on any atom is 0.259 e. The molecule has 0 bridgehead atoms. The van der Waals surface area contributed by atoms with Crippen LogP contribution in [0.25, 0.3) is 0 Å². The molecule has 0 heterocycles. The zero-order valence-electron chi connectivity index (χ0n) is 10.4. The predicted octanol–water partition coefficient (Wildman–Crippen LogP) is 2.01. The summed E-state index contributed by atoms with van der Waals surface area (Å²) in [7, 11) is 0. The molecule has 1 rings (SSSR count). The van der Waals surface area contributed by atoms with E-state index in [0.717, 1.165) is 0 Å². The van der Waals surface area contributed by atoms with E-state index < -0.39 is 17.3 Å². The Morgan fingerprint density at radius 3 is 2.78 bits per heavy atom. The Bertz CT molecular complexity index is 470. The average molecular weight is 250 g/mol. The van der Waals surface area contributed by atoms with Crippen molar-refractivity contribution in [3.05, 3.63) is 30.1 Å². The predicted molar refractivity (Wildman–Crippen MR) is 64.3 cm³/mol. The van der Waals surface area contributed by atoms with Crippen molar-refractivity contribution >= 4 is 5.91 Å². The summed E-state index contributed by atoms with van der Waals surface area (Å²) in [5, 5.41) is 11.4. The second-order valence-electron chi connectivity index (χ2n) is 4.06. The Morgan fingerprint density at radius 1 is 1.56 bits per heavy atom. The number of ether oxygens (including phenoxy) is 1. The number of nitrogens with zero attached hydrogens (tertiary/aromatic N) is 1. The summed E-state index contributed by atoms with van der Waals surface area (Å²) in [6.07, 6.45) is 0.481. The van der Waals surface area contributed by atoms with Crippen molar-refractivity contribution in [2.75, 3.05) is 6.61 Å². The lowest BCUT2D eigenvalue weighted by molar-refractivity contribution is -0.124. The van der Waals surface area contributed by atoms with Gasteiger partial charge in [0.1, 0.15) is 5.54 Å². The van der Waals surface area contributed by atoms with E-state index in [-0.39, 0.29) is 12.4 Å². The van der Waals surface area contributed by atoms with Crippen molar-refractivity contribution in [3.8, 4) is 11.8 Å². The number of rotatable bonds is 5. The lowest BCUT2D eigenvalue weighted by Gasteiger charge is -2.21. The standard InChI is InChI=1S/C13H15FN2O2/c1-3-13(2,9-15)16-12(17)8-18-11-7-5-4-6-10(11)14/h4-7H,3,8H2,1-2H3,(H,16,17)/t13-/m0/s1. The number of benzene rings is 1. The summed E-state index contributed by atoms with van der Waals surface area (Å²) in [6, 6.07) is 7.84. The van der Waals surface area contributed by atoms with Gasteiger partial charge in [-0.15, -0.1) is 0 Å². The van der Waals surface area contributed by atoms with Gasteiger partial charge in [-0.2, -0.15) is 5.26 Å². The molecule has 0 radical (unpaired) electrons. The van der Waals surface area contributed by atoms with Crippen LogP contribution < -0.4 is 10.1 Å². The molecule has 0 fully saturated rings. The Labute approximate surface area is 105 Å². The van der Waals surface area contributed by atoms with Gasteiger partial charge in [-0.1, -0.05) is 19.1 Å². The SMILES string of the molecule is CC[C@@](C)(C#N)NC(=O)COc1ccccc1F. The molecular formula is C13H15FN2O2. The molecule has 18 heavy (non-hydrogen) atoms. The van der Waals surface area contributed by atoms with E-state index in [2.05, 4.69) is 5.32 Å². The van der Waals surface area contributed by atoms with Crippen molar-refractivity contribution in [1.82, 2.24) is 5.32 Å². The number of para-hydroxylation sites is 1. The van der Waals surface area contributed by atoms with E-state index in [1.807, 2.05) is 6.07 Å². The third-order valence-corrected chi connectivity index (χ3v) is 2.56. The highest BCUT2D eigenvalue weighted by molar-refractivity contribution is 5.78. The van der Waals surface area contributed by atoms with Gasteiger partial charge >= 0.3 is 0 Å². The van der Waals surface area contributed by atoms with Crippen LogP contribution in [0.3, 0.4) is 0 Å². The van der Waals surface area contributed by atoms with Crippen molar-refractivity contribution < 1.29 is 13.9 Å². The van der Waals surface area contributed by atoms with Crippen molar-refractivity contribution in [3.63, 3.8) is 0 Å². The summed E-state index contributed by atoms with van der Waals surface area (Å²) < 4.78 is 18.2. The van der Waals surface area contributed by atoms with Crippen LogP contribution in [0.1, 0.15) is 20.3 Å². The highest BCUT2D eigenvalue weighted by Gasteiger charge is 2.23. The first kappa shape index (κ1) is 14.0. The smallest absolute Gasteiger partial charge is 0.259 e. The highest BCUT2D eigenvalue weighted by atomic mass is 19.1. The van der Waals surface area contributed by atoms with E-state index >= 15 is 0 Å². The number of carbonyl (C=O) groups excluding carboxylic acids is 1. The zero-order chi connectivity index (χ0) is 13.6. The van der Waals surface area contributed by atoms with E-state index in [1.54, 1.807) is 19.9 Å². The van der Waals surface area contributed by atoms with E-state index in [1.165, 1.54) is 18.2 Å². The maximum absolute atomic E-state index is 13.2. The molecule has 0 aliphatic heterocycles. The summed E-state index contributed by atoms with van der Waals surface area (Å²) in [4.78, 5) is 11.6. The quantitative estimate of drug-likeness (QED) is 0.869. The monoisotopic (exact) mass is 250 g/mol. The fourth-order valence-corrected chi connectivity index (χ4v) is 1.24. The summed E-state index contributed by atoms with van der Waals surface area (Å²) in [5.74, 6) is -0.962. The van der Waals surface area contributed by atoms with Crippen molar-refractivity contribution in [2.45, 2.75) is 25.8 Å². The molecule has 5 heteroatoms. The topological polar surface area (TPSA) is 62.1 Å². The lowest BCUT2D eigenvalue weighted by atomic mass is 10.0. The molecule has 1 amide bonds. The van der Waals surface area contributed by atoms with E-state index in [9.17, 15) is 9.18 Å². The van der Waals surface area contributed by atoms with Gasteiger partial charge in [0.05, 0.1) is 6.07 Å². The van der Waals surface area contributed by atoms with Gasteiger partial charge in [-0.05, 0) is 25.5 Å². The molecule has 0 saturated carbocycles. The first-order valence-electron chi connectivity index (χ1n) is 5.60. The molecule has 1 N–H and O–H groups in total. The minimum Gasteiger partial charge on any atom is -0.481 e. The van der Waals surface area contributed by atoms with Crippen LogP contribution in [-0.4, -0.2) is 18.1 Å². The largest absolute Gasteiger partial charge is 0.481 e. The second-order valence-corrected chi connectivity index (χ2v) is 4.06. The Balaban J connectivity index is 2.53. The summed E-state index contributed by atoms with van der Waals surface area (Å²) >= 11 is 0. The second kappa shape index (κ2) is 6.01. The first-order chi connectivity index (χ1) is 8.50. The van der Waals surface area contributed by atoms with Gasteiger partial charge in [-0.3, -0.25) is 4.79 Å². The van der Waals surface area contributed by atoms with Crippen LogP contribution in [0, 0.1) is 17.1 Å². The minimum atomic E-state index is -0.921. The third kappa shape index (κ3) is 3.74. The van der Waals surface area contributed by atoms with Crippen LogP contribution in [0.15, 0.2) is 24.3 Å². The number of halogens is 1. The fraction of sp³-hybridized carbons (Fsp3) is 0.385. The summed E-state index contributed by atoms with van der Waals surface area (Å²) in [5.41, 5.74) is -0.921. The molecule has 4 nitrogen and oxygen atoms in total. The van der Waals surface area contributed by atoms with Crippen molar-refractivity contribution in [1.29, 1.82) is 5.26 Å². The zero-order valence-corrected chi connectivity index (χ0v) is 10.4. The number of nitriles is 1. The molecule has 1 atom stereocenters. The Kier molecular flexibility index (Phi) is 4.67. The third-order valence-electron chi connectivity index (χ3n) is 2.56. The molecule has 0 saturated heterocycles. The van der Waals surface area contributed by atoms with Gasteiger partial charge in [-0.25, -0.2) is 4.39 Å². The molecular weight excluding hydrogens is 235 g/mol. The molecule has 1 aromatic carbocycles. The van der Waals surface area contributed by atoms with Crippen molar-refractivity contribution in [2.24, 2.45) is 0 Å². The molecule has 1 aromatic rings. The minimum absolute atomic E-state index is 0.0165. The van der Waals surface area contributed by atoms with E-state index in [4.69, 9.17) is 10.00 Å². The number of hydrogen-bond donors (Lipinski definition) is 1. The number of amides is 1. The van der Waals surface area contributed by atoms with Gasteiger partial charge in [0.15, 0.2) is 18.2 Å². The first-order valence-corrected chi connectivity index (χ1v) is 5.60. The highest BCUT2D eigenvalue weighted by Crippen LogP contribution is 2.15. The number of nitrogens with one attached hydrogen (secondary N) is 1. The van der Waals surface area contributed by atoms with Crippen LogP contribution in [0.2, 0.25) is 0 Å². The molecule has 0 aromatic heterocycles. The van der Waals surface area contributed by atoms with Crippen LogP contribution in [0.5, 0.6) is 5.75 Å². The van der Waals surface area contributed by atoms with Crippen LogP contribution in [-0.2, 0) is 4.79 Å². The molecule has 0 aliphatic carbocycles. The fourth-order valence-electron chi connectivity index (χ4n) is 1.24.